The SMILES string of the molecule is CC(=O)OCc1cc(F)cc(COC(C)=O)c1OCCS(=O)(=O)O/N=C(\C#N)c1ccccc1. The molecule has 0 atom stereocenters. The van der Waals surface area contributed by atoms with Crippen LogP contribution in [0.5, 0.6) is 5.75 Å². The van der Waals surface area contributed by atoms with Crippen molar-refractivity contribution in [3.63, 3.8) is 0 Å². The molecule has 0 radical (unpaired) electrons. The number of benzene rings is 2. The van der Waals surface area contributed by atoms with Crippen LogP contribution >= 0.6 is 0 Å². The Balaban J connectivity index is 2.15. The van der Waals surface area contributed by atoms with Crippen molar-refractivity contribution in [2.45, 2.75) is 27.1 Å². The number of rotatable bonds is 11. The molecule has 0 aliphatic carbocycles. The second kappa shape index (κ2) is 12.3. The van der Waals surface area contributed by atoms with Gasteiger partial charge in [0, 0.05) is 30.5 Å². The lowest BCUT2D eigenvalue weighted by Crippen LogP contribution is -2.17. The van der Waals surface area contributed by atoms with Crippen molar-refractivity contribution in [1.29, 1.82) is 5.26 Å². The fraction of sp³-hybridized carbons (Fsp3) is 0.273. The summed E-state index contributed by atoms with van der Waals surface area (Å²) in [4.78, 5) is 22.3. The Kier molecular flexibility index (Phi) is 9.51. The molecule has 0 bridgehead atoms. The van der Waals surface area contributed by atoms with Gasteiger partial charge in [0.05, 0.1) is 0 Å². The number of hydrogen-bond donors (Lipinski definition) is 0. The average Bonchev–Trinajstić information content (AvgIpc) is 2.78. The van der Waals surface area contributed by atoms with Gasteiger partial charge in [-0.25, -0.2) is 4.39 Å². The molecule has 0 spiro atoms. The highest BCUT2D eigenvalue weighted by molar-refractivity contribution is 7.86. The number of halogens is 1. The first-order chi connectivity index (χ1) is 16.1. The van der Waals surface area contributed by atoms with Crippen LogP contribution in [0.2, 0.25) is 0 Å². The molecule has 12 heteroatoms. The molecule has 0 aliphatic heterocycles. The molecular weight excluding hydrogens is 471 g/mol. The number of carbonyl (C=O) groups is 2. The monoisotopic (exact) mass is 492 g/mol. The molecule has 10 nitrogen and oxygen atoms in total. The predicted molar refractivity (Wildman–Crippen MR) is 116 cm³/mol. The molecule has 0 saturated heterocycles. The molecule has 0 saturated carbocycles. The summed E-state index contributed by atoms with van der Waals surface area (Å²) in [5, 5.41) is 12.6. The minimum atomic E-state index is -4.26. The Labute approximate surface area is 195 Å². The van der Waals surface area contributed by atoms with Crippen molar-refractivity contribution < 1.29 is 40.9 Å². The van der Waals surface area contributed by atoms with Crippen molar-refractivity contribution in [2.75, 3.05) is 12.4 Å². The van der Waals surface area contributed by atoms with Gasteiger partial charge in [0.15, 0.2) is 5.71 Å². The Hall–Kier alpha value is -3.98. The molecule has 0 aromatic heterocycles. The predicted octanol–water partition coefficient (Wildman–Crippen LogP) is 2.60. The van der Waals surface area contributed by atoms with E-state index in [2.05, 4.69) is 9.44 Å². The van der Waals surface area contributed by atoms with Gasteiger partial charge in [-0.1, -0.05) is 35.5 Å². The second-order valence-corrected chi connectivity index (χ2v) is 8.39. The third-order valence-corrected chi connectivity index (χ3v) is 5.01. The zero-order valence-corrected chi connectivity index (χ0v) is 19.1. The van der Waals surface area contributed by atoms with Crippen LogP contribution in [0.15, 0.2) is 47.6 Å². The van der Waals surface area contributed by atoms with E-state index in [9.17, 15) is 27.7 Å². The van der Waals surface area contributed by atoms with Crippen LogP contribution in [0.1, 0.15) is 30.5 Å². The highest BCUT2D eigenvalue weighted by Gasteiger charge is 2.18. The first-order valence-electron chi connectivity index (χ1n) is 9.77. The van der Waals surface area contributed by atoms with Gasteiger partial charge < -0.3 is 14.2 Å². The van der Waals surface area contributed by atoms with Crippen LogP contribution in [0.3, 0.4) is 0 Å². The van der Waals surface area contributed by atoms with E-state index in [1.165, 1.54) is 0 Å². The lowest BCUT2D eigenvalue weighted by Gasteiger charge is -2.16. The maximum absolute atomic E-state index is 14.0. The zero-order chi connectivity index (χ0) is 25.1. The van der Waals surface area contributed by atoms with Gasteiger partial charge in [-0.2, -0.15) is 13.7 Å². The summed E-state index contributed by atoms with van der Waals surface area (Å²) in [5.41, 5.74) is 0.331. The van der Waals surface area contributed by atoms with E-state index in [1.807, 2.05) is 0 Å². The third kappa shape index (κ3) is 8.51. The van der Waals surface area contributed by atoms with Gasteiger partial charge in [-0.05, 0) is 12.1 Å². The van der Waals surface area contributed by atoms with Crippen molar-refractivity contribution in [1.82, 2.24) is 0 Å². The summed E-state index contributed by atoms with van der Waals surface area (Å²) >= 11 is 0. The van der Waals surface area contributed by atoms with Gasteiger partial charge in [-0.3, -0.25) is 13.9 Å². The highest BCUT2D eigenvalue weighted by Crippen LogP contribution is 2.28. The molecular formula is C22H21FN2O8S. The summed E-state index contributed by atoms with van der Waals surface area (Å²) in [6.45, 7) is 1.15. The summed E-state index contributed by atoms with van der Waals surface area (Å²) < 4.78 is 58.3. The Morgan fingerprint density at radius 1 is 1.03 bits per heavy atom. The molecule has 0 fully saturated rings. The molecule has 0 aliphatic rings. The number of ether oxygens (including phenoxy) is 3. The fourth-order valence-electron chi connectivity index (χ4n) is 2.58. The van der Waals surface area contributed by atoms with Crippen molar-refractivity contribution in [2.24, 2.45) is 5.16 Å². The minimum absolute atomic E-state index is 0.00963. The number of oxime groups is 1. The number of nitriles is 1. The van der Waals surface area contributed by atoms with Gasteiger partial charge >= 0.3 is 22.1 Å². The van der Waals surface area contributed by atoms with Gasteiger partial charge in [0.25, 0.3) is 0 Å². The summed E-state index contributed by atoms with van der Waals surface area (Å²) in [6, 6.07) is 12.0. The number of hydrogen-bond acceptors (Lipinski definition) is 10. The maximum Gasteiger partial charge on any atom is 0.331 e. The van der Waals surface area contributed by atoms with Crippen LogP contribution in [0.25, 0.3) is 0 Å². The number of carbonyl (C=O) groups excluding carboxylic acids is 2. The smallest absolute Gasteiger partial charge is 0.331 e. The van der Waals surface area contributed by atoms with Crippen molar-refractivity contribution in [3.05, 3.63) is 65.0 Å². The van der Waals surface area contributed by atoms with E-state index in [1.54, 1.807) is 36.4 Å². The van der Waals surface area contributed by atoms with Crippen LogP contribution in [0.4, 0.5) is 4.39 Å². The summed E-state index contributed by atoms with van der Waals surface area (Å²) in [7, 11) is -4.26. The van der Waals surface area contributed by atoms with Crippen LogP contribution in [-0.2, 0) is 46.7 Å². The molecule has 180 valence electrons. The standard InChI is InChI=1S/C22H21FN2O8S/c1-15(26)31-13-18-10-20(23)11-19(14-32-16(2)27)22(18)30-8-9-34(28,29)33-25-21(12-24)17-6-4-3-5-7-17/h3-7,10-11H,8-9,13-14H2,1-2H3/b25-21+. The largest absolute Gasteiger partial charge is 0.492 e. The molecule has 2 rings (SSSR count). The van der Waals surface area contributed by atoms with Crippen LogP contribution in [0, 0.1) is 17.1 Å². The molecule has 34 heavy (non-hydrogen) atoms. The van der Waals surface area contributed by atoms with Crippen molar-refractivity contribution >= 4 is 27.8 Å². The van der Waals surface area contributed by atoms with E-state index >= 15 is 0 Å². The van der Waals surface area contributed by atoms with Gasteiger partial charge in [-0.15, -0.1) is 0 Å². The molecule has 0 N–H and O–H groups in total. The normalized spacial score (nSPS) is 11.3. The Morgan fingerprint density at radius 2 is 1.59 bits per heavy atom. The van der Waals surface area contributed by atoms with E-state index in [-0.39, 0.29) is 35.8 Å². The van der Waals surface area contributed by atoms with Gasteiger partial charge in [0.1, 0.15) is 43.2 Å². The van der Waals surface area contributed by atoms with E-state index < -0.39 is 40.2 Å². The third-order valence-electron chi connectivity index (χ3n) is 4.04. The summed E-state index contributed by atoms with van der Waals surface area (Å²) in [5.74, 6) is -2.65. The quantitative estimate of drug-likeness (QED) is 0.263. The minimum Gasteiger partial charge on any atom is -0.492 e. The zero-order valence-electron chi connectivity index (χ0n) is 18.3. The van der Waals surface area contributed by atoms with E-state index in [4.69, 9.17) is 14.2 Å². The van der Waals surface area contributed by atoms with Gasteiger partial charge in [0.2, 0.25) is 0 Å². The summed E-state index contributed by atoms with van der Waals surface area (Å²) in [6.07, 6.45) is 0. The lowest BCUT2D eigenvalue weighted by molar-refractivity contribution is -0.142. The molecule has 2 aromatic carbocycles. The van der Waals surface area contributed by atoms with Crippen molar-refractivity contribution in [3.8, 4) is 11.8 Å². The topological polar surface area (TPSA) is 141 Å². The Morgan fingerprint density at radius 3 is 2.09 bits per heavy atom. The first kappa shape index (κ1) is 26.3. The van der Waals surface area contributed by atoms with Crippen LogP contribution in [-0.4, -0.2) is 38.4 Å². The second-order valence-electron chi connectivity index (χ2n) is 6.72. The average molecular weight is 492 g/mol. The number of esters is 2. The Bertz CT molecular complexity index is 1170. The molecule has 0 unspecified atom stereocenters. The fourth-order valence-corrected chi connectivity index (χ4v) is 3.13. The van der Waals surface area contributed by atoms with Crippen LogP contribution < -0.4 is 4.74 Å². The molecule has 0 heterocycles. The molecule has 0 amide bonds. The lowest BCUT2D eigenvalue weighted by atomic mass is 10.1. The first-order valence-corrected chi connectivity index (χ1v) is 11.3. The molecule has 2 aromatic rings. The van der Waals surface area contributed by atoms with E-state index in [0.29, 0.717) is 5.56 Å². The van der Waals surface area contributed by atoms with E-state index in [0.717, 1.165) is 26.0 Å². The number of nitrogens with zero attached hydrogens (tertiary/aromatic N) is 2. The highest BCUT2D eigenvalue weighted by atomic mass is 32.2. The maximum atomic E-state index is 14.0.